The van der Waals surface area contributed by atoms with Crippen molar-refractivity contribution < 1.29 is 39.1 Å². The van der Waals surface area contributed by atoms with Crippen LogP contribution in [-0.2, 0) is 25.7 Å². The lowest BCUT2D eigenvalue weighted by molar-refractivity contribution is -0.268. The summed E-state index contributed by atoms with van der Waals surface area (Å²) in [5, 5.41) is 32.7. The van der Waals surface area contributed by atoms with E-state index in [1.54, 1.807) is 52.8 Å². The van der Waals surface area contributed by atoms with Crippen LogP contribution in [0.5, 0.6) is 5.75 Å². The number of aliphatic hydroxyl groups is 3. The molecule has 1 aliphatic heterocycles. The molecule has 0 saturated carbocycles. The van der Waals surface area contributed by atoms with Crippen LogP contribution < -0.4 is 10.1 Å². The predicted octanol–water partition coefficient (Wildman–Crippen LogP) is 1.19. The van der Waals surface area contributed by atoms with Crippen LogP contribution in [0.1, 0.15) is 40.2 Å². The number of rotatable bonds is 7. The van der Waals surface area contributed by atoms with Gasteiger partial charge in [0.05, 0.1) is 17.7 Å². The molecular weight excluding hydrogens is 394 g/mol. The molecule has 2 rings (SSSR count). The Morgan fingerprint density at radius 1 is 1.07 bits per heavy atom. The first-order chi connectivity index (χ1) is 14.0. The number of ether oxygens (including phenoxy) is 3. The molecule has 0 aromatic heterocycles. The minimum Gasteiger partial charge on any atom is -0.461 e. The Bertz CT molecular complexity index is 751. The van der Waals surface area contributed by atoms with E-state index in [0.29, 0.717) is 11.3 Å². The summed E-state index contributed by atoms with van der Waals surface area (Å²) in [5.74, 6) is -0.966. The van der Waals surface area contributed by atoms with Crippen LogP contribution in [0.3, 0.4) is 0 Å². The van der Waals surface area contributed by atoms with E-state index in [4.69, 9.17) is 14.2 Å². The highest BCUT2D eigenvalue weighted by Gasteiger charge is 2.43. The zero-order valence-corrected chi connectivity index (χ0v) is 17.9. The van der Waals surface area contributed by atoms with Crippen molar-refractivity contribution in [1.82, 2.24) is 0 Å². The Hall–Kier alpha value is -2.20. The first-order valence-corrected chi connectivity index (χ1v) is 9.98. The number of hydrogen-bond acceptors (Lipinski definition) is 8. The number of anilines is 1. The molecule has 0 spiro atoms. The summed E-state index contributed by atoms with van der Waals surface area (Å²) in [6, 6.07) is 4.80. The Labute approximate surface area is 175 Å². The molecule has 0 unspecified atom stereocenters. The lowest BCUT2D eigenvalue weighted by Gasteiger charge is -2.39. The molecule has 30 heavy (non-hydrogen) atoms. The second kappa shape index (κ2) is 10.2. The molecule has 1 fully saturated rings. The number of carbonyl (C=O) groups excluding carboxylic acids is 2. The van der Waals surface area contributed by atoms with Crippen LogP contribution in [-0.4, -0.2) is 57.9 Å². The Kier molecular flexibility index (Phi) is 8.19. The SMILES string of the molecule is CC(C)C(=O)Nc1cc(COC(=O)C(C)C)ccc1O[C@@H]1O[C@H](C)[C@@H](O)[C@H](O)[C@H]1O. The molecule has 5 atom stereocenters. The molecule has 1 aromatic rings. The largest absolute Gasteiger partial charge is 0.461 e. The third-order valence-corrected chi connectivity index (χ3v) is 4.73. The van der Waals surface area contributed by atoms with E-state index in [0.717, 1.165) is 0 Å². The van der Waals surface area contributed by atoms with E-state index in [9.17, 15) is 24.9 Å². The van der Waals surface area contributed by atoms with Crippen molar-refractivity contribution in [1.29, 1.82) is 0 Å². The monoisotopic (exact) mass is 425 g/mol. The summed E-state index contributed by atoms with van der Waals surface area (Å²) in [7, 11) is 0. The molecule has 4 N–H and O–H groups in total. The van der Waals surface area contributed by atoms with E-state index in [-0.39, 0.29) is 36.1 Å². The van der Waals surface area contributed by atoms with E-state index in [2.05, 4.69) is 5.32 Å². The van der Waals surface area contributed by atoms with Gasteiger partial charge < -0.3 is 34.8 Å². The van der Waals surface area contributed by atoms with Crippen LogP contribution in [0.15, 0.2) is 18.2 Å². The highest BCUT2D eigenvalue weighted by Crippen LogP contribution is 2.31. The average Bonchev–Trinajstić information content (AvgIpc) is 2.69. The molecule has 1 heterocycles. The van der Waals surface area contributed by atoms with Gasteiger partial charge >= 0.3 is 5.97 Å². The van der Waals surface area contributed by atoms with Crippen LogP contribution in [0.4, 0.5) is 5.69 Å². The standard InChI is InChI=1S/C21H31NO8/c1-10(2)19(26)22-14-8-13(9-28-20(27)11(3)4)6-7-15(14)30-21-18(25)17(24)16(23)12(5)29-21/h6-8,10-12,16-18,21,23-25H,9H2,1-5H3,(H,22,26)/t12-,16-,17+,18-,21+/m1/s1. The number of nitrogens with one attached hydrogen (secondary N) is 1. The van der Waals surface area contributed by atoms with Gasteiger partial charge in [-0.15, -0.1) is 0 Å². The molecule has 0 aliphatic carbocycles. The summed E-state index contributed by atoms with van der Waals surface area (Å²) in [4.78, 5) is 23.9. The third kappa shape index (κ3) is 5.91. The Balaban J connectivity index is 2.24. The van der Waals surface area contributed by atoms with E-state index >= 15 is 0 Å². The fourth-order valence-electron chi connectivity index (χ4n) is 2.70. The first kappa shape index (κ1) is 24.1. The Morgan fingerprint density at radius 2 is 1.73 bits per heavy atom. The fraction of sp³-hybridized carbons (Fsp3) is 0.619. The van der Waals surface area contributed by atoms with E-state index in [1.165, 1.54) is 0 Å². The minimum absolute atomic E-state index is 0.0202. The van der Waals surface area contributed by atoms with Gasteiger partial charge in [0.25, 0.3) is 0 Å². The minimum atomic E-state index is -1.49. The van der Waals surface area contributed by atoms with Crippen LogP contribution in [0.2, 0.25) is 0 Å². The second-order valence-electron chi connectivity index (χ2n) is 8.04. The van der Waals surface area contributed by atoms with Crippen LogP contribution in [0.25, 0.3) is 0 Å². The number of esters is 1. The highest BCUT2D eigenvalue weighted by atomic mass is 16.7. The van der Waals surface area contributed by atoms with Crippen molar-refractivity contribution in [3.05, 3.63) is 23.8 Å². The van der Waals surface area contributed by atoms with Gasteiger partial charge in [-0.1, -0.05) is 33.8 Å². The van der Waals surface area contributed by atoms with Crippen molar-refractivity contribution in [2.45, 2.75) is 71.9 Å². The van der Waals surface area contributed by atoms with Gasteiger partial charge in [0, 0.05) is 5.92 Å². The van der Waals surface area contributed by atoms with Gasteiger partial charge in [0.2, 0.25) is 12.2 Å². The first-order valence-electron chi connectivity index (χ1n) is 9.98. The van der Waals surface area contributed by atoms with E-state index < -0.39 is 30.7 Å². The van der Waals surface area contributed by atoms with E-state index in [1.807, 2.05) is 0 Å². The maximum absolute atomic E-state index is 12.2. The zero-order valence-electron chi connectivity index (χ0n) is 17.9. The quantitative estimate of drug-likeness (QED) is 0.479. The van der Waals surface area contributed by atoms with Crippen molar-refractivity contribution in [3.63, 3.8) is 0 Å². The molecule has 9 nitrogen and oxygen atoms in total. The maximum atomic E-state index is 12.2. The Morgan fingerprint density at radius 3 is 2.33 bits per heavy atom. The number of carbonyl (C=O) groups is 2. The molecule has 0 radical (unpaired) electrons. The molecule has 1 aromatic carbocycles. The molecule has 1 aliphatic rings. The van der Waals surface area contributed by atoms with Crippen LogP contribution in [0, 0.1) is 11.8 Å². The van der Waals surface area contributed by atoms with Crippen LogP contribution >= 0.6 is 0 Å². The van der Waals surface area contributed by atoms with Crippen molar-refractivity contribution >= 4 is 17.6 Å². The summed E-state index contributed by atoms with van der Waals surface area (Å²) < 4.78 is 16.4. The molecule has 168 valence electrons. The van der Waals surface area contributed by atoms with Gasteiger partial charge in [-0.05, 0) is 24.6 Å². The summed E-state index contributed by atoms with van der Waals surface area (Å²) in [6.45, 7) is 8.50. The average molecular weight is 425 g/mol. The van der Waals surface area contributed by atoms with Gasteiger partial charge in [-0.25, -0.2) is 0 Å². The summed E-state index contributed by atoms with van der Waals surface area (Å²) >= 11 is 0. The molecule has 1 saturated heterocycles. The summed E-state index contributed by atoms with van der Waals surface area (Å²) in [6.07, 6.45) is -6.20. The zero-order chi connectivity index (χ0) is 22.6. The number of hydrogen-bond donors (Lipinski definition) is 4. The van der Waals surface area contributed by atoms with Crippen molar-refractivity contribution in [2.24, 2.45) is 11.8 Å². The number of benzene rings is 1. The normalized spacial score (nSPS) is 26.5. The van der Waals surface area contributed by atoms with Gasteiger partial charge in [-0.2, -0.15) is 0 Å². The van der Waals surface area contributed by atoms with Gasteiger partial charge in [-0.3, -0.25) is 9.59 Å². The highest BCUT2D eigenvalue weighted by molar-refractivity contribution is 5.93. The van der Waals surface area contributed by atoms with Crippen molar-refractivity contribution in [2.75, 3.05) is 5.32 Å². The lowest BCUT2D eigenvalue weighted by Crippen LogP contribution is -2.58. The molecular formula is C21H31NO8. The molecule has 1 amide bonds. The maximum Gasteiger partial charge on any atom is 0.308 e. The van der Waals surface area contributed by atoms with Crippen molar-refractivity contribution in [3.8, 4) is 5.75 Å². The molecule has 9 heteroatoms. The second-order valence-corrected chi connectivity index (χ2v) is 8.04. The summed E-state index contributed by atoms with van der Waals surface area (Å²) in [5.41, 5.74) is 0.931. The lowest BCUT2D eigenvalue weighted by atomic mass is 10.00. The predicted molar refractivity (Wildman–Crippen MR) is 108 cm³/mol. The topological polar surface area (TPSA) is 135 Å². The smallest absolute Gasteiger partial charge is 0.308 e. The fourth-order valence-corrected chi connectivity index (χ4v) is 2.70. The van der Waals surface area contributed by atoms with Gasteiger partial charge in [0.1, 0.15) is 30.7 Å². The third-order valence-electron chi connectivity index (χ3n) is 4.73. The number of amides is 1. The molecule has 0 bridgehead atoms. The number of aliphatic hydroxyl groups excluding tert-OH is 3. The van der Waals surface area contributed by atoms with Gasteiger partial charge in [0.15, 0.2) is 0 Å².